The van der Waals surface area contributed by atoms with Gasteiger partial charge in [0.05, 0.1) is 6.61 Å². The average molecular weight is 227 g/mol. The van der Waals surface area contributed by atoms with Crippen molar-refractivity contribution < 1.29 is 9.53 Å². The van der Waals surface area contributed by atoms with Crippen LogP contribution in [0.15, 0.2) is 0 Å². The minimum Gasteiger partial charge on any atom is -0.466 e. The Bertz CT molecular complexity index is 155. The molecule has 16 heavy (non-hydrogen) atoms. The smallest absolute Gasteiger partial charge is 0.305 e. The highest BCUT2D eigenvalue weighted by atomic mass is 16.5. The SMILES string of the molecule is [CH2]CCC(=O)OCCCCCCCCCC. The molecule has 0 fully saturated rings. The number of esters is 1. The molecule has 0 aliphatic rings. The van der Waals surface area contributed by atoms with Gasteiger partial charge >= 0.3 is 5.97 Å². The van der Waals surface area contributed by atoms with Crippen molar-refractivity contribution in [3.05, 3.63) is 6.92 Å². The van der Waals surface area contributed by atoms with Gasteiger partial charge in [-0.3, -0.25) is 4.79 Å². The van der Waals surface area contributed by atoms with Crippen LogP contribution in [0.1, 0.15) is 71.1 Å². The summed E-state index contributed by atoms with van der Waals surface area (Å²) >= 11 is 0. The molecular formula is C14H27O2. The molecule has 2 nitrogen and oxygen atoms in total. The monoisotopic (exact) mass is 227 g/mol. The van der Waals surface area contributed by atoms with Crippen molar-refractivity contribution in [2.75, 3.05) is 6.61 Å². The minimum absolute atomic E-state index is 0.0991. The third-order valence-corrected chi connectivity index (χ3v) is 2.64. The van der Waals surface area contributed by atoms with Crippen molar-refractivity contribution in [3.8, 4) is 0 Å². The second kappa shape index (κ2) is 12.5. The van der Waals surface area contributed by atoms with Crippen LogP contribution in [0.2, 0.25) is 0 Å². The van der Waals surface area contributed by atoms with Gasteiger partial charge in [0.25, 0.3) is 0 Å². The molecule has 0 unspecified atom stereocenters. The van der Waals surface area contributed by atoms with Crippen LogP contribution in [0.5, 0.6) is 0 Å². The molecule has 1 radical (unpaired) electrons. The van der Waals surface area contributed by atoms with Crippen LogP contribution in [0.25, 0.3) is 0 Å². The molecule has 0 N–H and O–H groups in total. The maximum atomic E-state index is 11.0. The number of unbranched alkanes of at least 4 members (excludes halogenated alkanes) is 7. The lowest BCUT2D eigenvalue weighted by atomic mass is 10.1. The van der Waals surface area contributed by atoms with Gasteiger partial charge < -0.3 is 4.74 Å². The summed E-state index contributed by atoms with van der Waals surface area (Å²) in [4.78, 5) is 11.0. The highest BCUT2D eigenvalue weighted by Gasteiger charge is 1.99. The van der Waals surface area contributed by atoms with Crippen LogP contribution in [0.4, 0.5) is 0 Å². The first-order chi connectivity index (χ1) is 7.81. The van der Waals surface area contributed by atoms with E-state index in [9.17, 15) is 4.79 Å². The number of hydrogen-bond donors (Lipinski definition) is 0. The lowest BCUT2D eigenvalue weighted by molar-refractivity contribution is -0.143. The molecule has 0 saturated carbocycles. The van der Waals surface area contributed by atoms with Crippen LogP contribution in [-0.4, -0.2) is 12.6 Å². The van der Waals surface area contributed by atoms with E-state index in [-0.39, 0.29) is 5.97 Å². The molecule has 0 aromatic heterocycles. The molecule has 0 rings (SSSR count). The zero-order valence-corrected chi connectivity index (χ0v) is 10.8. The lowest BCUT2D eigenvalue weighted by Crippen LogP contribution is -2.04. The first-order valence-corrected chi connectivity index (χ1v) is 6.76. The average Bonchev–Trinajstić information content (AvgIpc) is 2.27. The maximum absolute atomic E-state index is 11.0. The summed E-state index contributed by atoms with van der Waals surface area (Å²) in [7, 11) is 0. The third-order valence-electron chi connectivity index (χ3n) is 2.64. The summed E-state index contributed by atoms with van der Waals surface area (Å²) in [5.74, 6) is -0.0991. The van der Waals surface area contributed by atoms with E-state index in [1.54, 1.807) is 0 Å². The van der Waals surface area contributed by atoms with Crippen LogP contribution in [0.3, 0.4) is 0 Å². The Morgan fingerprint density at radius 1 is 1.00 bits per heavy atom. The summed E-state index contributed by atoms with van der Waals surface area (Å²) < 4.78 is 5.05. The van der Waals surface area contributed by atoms with E-state index in [1.807, 2.05) is 0 Å². The molecule has 2 heteroatoms. The van der Waals surface area contributed by atoms with Crippen molar-refractivity contribution in [2.45, 2.75) is 71.1 Å². The molecule has 0 atom stereocenters. The molecular weight excluding hydrogens is 200 g/mol. The molecule has 0 heterocycles. The van der Waals surface area contributed by atoms with Gasteiger partial charge in [-0.25, -0.2) is 0 Å². The topological polar surface area (TPSA) is 26.3 Å². The fraction of sp³-hybridized carbons (Fsp3) is 0.857. The van der Waals surface area contributed by atoms with Gasteiger partial charge in [-0.1, -0.05) is 58.8 Å². The number of rotatable bonds is 11. The summed E-state index contributed by atoms with van der Waals surface area (Å²) in [6, 6.07) is 0. The Kier molecular flexibility index (Phi) is 12.1. The quantitative estimate of drug-likeness (QED) is 0.389. The predicted molar refractivity (Wildman–Crippen MR) is 68.2 cm³/mol. The second-order valence-corrected chi connectivity index (χ2v) is 4.30. The minimum atomic E-state index is -0.0991. The van der Waals surface area contributed by atoms with Crippen molar-refractivity contribution in [1.82, 2.24) is 0 Å². The van der Waals surface area contributed by atoms with Gasteiger partial charge in [0.15, 0.2) is 0 Å². The van der Waals surface area contributed by atoms with Crippen LogP contribution in [0, 0.1) is 6.92 Å². The van der Waals surface area contributed by atoms with Gasteiger partial charge in [0.1, 0.15) is 0 Å². The summed E-state index contributed by atoms with van der Waals surface area (Å²) in [5, 5.41) is 0. The van der Waals surface area contributed by atoms with Gasteiger partial charge in [-0.15, -0.1) is 0 Å². The Hall–Kier alpha value is -0.530. The number of hydrogen-bond acceptors (Lipinski definition) is 2. The Morgan fingerprint density at radius 2 is 1.56 bits per heavy atom. The van der Waals surface area contributed by atoms with E-state index >= 15 is 0 Å². The van der Waals surface area contributed by atoms with Crippen LogP contribution >= 0.6 is 0 Å². The molecule has 95 valence electrons. The normalized spacial score (nSPS) is 10.4. The highest BCUT2D eigenvalue weighted by Crippen LogP contribution is 2.08. The summed E-state index contributed by atoms with van der Waals surface area (Å²) in [6.07, 6.45) is 11.3. The van der Waals surface area contributed by atoms with E-state index in [0.717, 1.165) is 6.42 Å². The molecule has 0 spiro atoms. The van der Waals surface area contributed by atoms with Gasteiger partial charge in [0, 0.05) is 6.42 Å². The maximum Gasteiger partial charge on any atom is 0.305 e. The first kappa shape index (κ1) is 15.5. The molecule has 0 aliphatic carbocycles. The first-order valence-electron chi connectivity index (χ1n) is 6.76. The fourth-order valence-corrected chi connectivity index (χ4v) is 1.64. The number of carbonyl (C=O) groups is 1. The largest absolute Gasteiger partial charge is 0.466 e. The summed E-state index contributed by atoms with van der Waals surface area (Å²) in [6.45, 7) is 6.45. The number of carbonyl (C=O) groups excluding carboxylic acids is 1. The van der Waals surface area contributed by atoms with E-state index in [0.29, 0.717) is 19.4 Å². The lowest BCUT2D eigenvalue weighted by Gasteiger charge is -2.04. The van der Waals surface area contributed by atoms with E-state index < -0.39 is 0 Å². The van der Waals surface area contributed by atoms with Gasteiger partial charge in [0.2, 0.25) is 0 Å². The predicted octanol–water partition coefficient (Wildman–Crippen LogP) is 4.28. The van der Waals surface area contributed by atoms with Crippen LogP contribution in [-0.2, 0) is 9.53 Å². The third kappa shape index (κ3) is 11.5. The molecule has 0 aromatic carbocycles. The zero-order chi connectivity index (χ0) is 12.1. The van der Waals surface area contributed by atoms with Crippen molar-refractivity contribution in [1.29, 1.82) is 0 Å². The zero-order valence-electron chi connectivity index (χ0n) is 10.8. The van der Waals surface area contributed by atoms with Gasteiger partial charge in [-0.05, 0) is 12.8 Å². The molecule has 0 saturated heterocycles. The van der Waals surface area contributed by atoms with E-state index in [4.69, 9.17) is 4.74 Å². The Morgan fingerprint density at radius 3 is 2.12 bits per heavy atom. The molecule has 0 aromatic rings. The molecule has 0 aliphatic heterocycles. The Balaban J connectivity index is 3.01. The number of ether oxygens (including phenoxy) is 1. The fourth-order valence-electron chi connectivity index (χ4n) is 1.64. The standard InChI is InChI=1S/C14H27O2/c1-3-5-6-7-8-9-10-11-13-16-14(15)12-4-2/h2-13H2,1H3. The van der Waals surface area contributed by atoms with E-state index in [2.05, 4.69) is 13.8 Å². The van der Waals surface area contributed by atoms with Gasteiger partial charge in [-0.2, -0.15) is 0 Å². The van der Waals surface area contributed by atoms with Crippen molar-refractivity contribution in [2.24, 2.45) is 0 Å². The van der Waals surface area contributed by atoms with Crippen molar-refractivity contribution >= 4 is 5.97 Å². The van der Waals surface area contributed by atoms with Crippen LogP contribution < -0.4 is 0 Å². The summed E-state index contributed by atoms with van der Waals surface area (Å²) in [5.41, 5.74) is 0. The highest BCUT2D eigenvalue weighted by molar-refractivity contribution is 5.69. The molecule has 0 amide bonds. The molecule has 0 bridgehead atoms. The van der Waals surface area contributed by atoms with E-state index in [1.165, 1.54) is 44.9 Å². The Labute approximate surface area is 101 Å². The van der Waals surface area contributed by atoms with Crippen molar-refractivity contribution in [3.63, 3.8) is 0 Å². The second-order valence-electron chi connectivity index (χ2n) is 4.30.